The minimum atomic E-state index is -0.0136. The Morgan fingerprint density at radius 2 is 2.05 bits per heavy atom. The molecule has 1 amide bonds. The number of hydrogen-bond donors (Lipinski definition) is 2. The van der Waals surface area contributed by atoms with Crippen molar-refractivity contribution in [1.29, 1.82) is 0 Å². The van der Waals surface area contributed by atoms with Gasteiger partial charge in [-0.3, -0.25) is 4.79 Å². The summed E-state index contributed by atoms with van der Waals surface area (Å²) in [5, 5.41) is 6.20. The van der Waals surface area contributed by atoms with Crippen LogP contribution in [0.25, 0.3) is 0 Å². The van der Waals surface area contributed by atoms with Gasteiger partial charge in [0.2, 0.25) is 0 Å². The predicted octanol–water partition coefficient (Wildman–Crippen LogP) is 3.02. The summed E-state index contributed by atoms with van der Waals surface area (Å²) >= 11 is 0. The average molecular weight is 286 g/mol. The molecule has 112 valence electrons. The van der Waals surface area contributed by atoms with Crippen LogP contribution in [0.5, 0.6) is 0 Å². The van der Waals surface area contributed by atoms with E-state index in [-0.39, 0.29) is 5.91 Å². The molecule has 0 aliphatic rings. The molecule has 2 aromatic rings. The van der Waals surface area contributed by atoms with E-state index in [1.165, 1.54) is 0 Å². The number of carbonyl (C=O) groups is 1. The Bertz CT molecular complexity index is 590. The van der Waals surface area contributed by atoms with Gasteiger partial charge >= 0.3 is 0 Å². The van der Waals surface area contributed by atoms with Crippen LogP contribution in [0.2, 0.25) is 0 Å². The van der Waals surface area contributed by atoms with Crippen molar-refractivity contribution in [1.82, 2.24) is 10.6 Å². The molecule has 2 N–H and O–H groups in total. The Labute approximate surface area is 125 Å². The van der Waals surface area contributed by atoms with Gasteiger partial charge < -0.3 is 15.1 Å². The summed E-state index contributed by atoms with van der Waals surface area (Å²) in [5.41, 5.74) is 1.79. The van der Waals surface area contributed by atoms with Crippen molar-refractivity contribution in [2.24, 2.45) is 0 Å². The summed E-state index contributed by atoms with van der Waals surface area (Å²) < 4.78 is 5.50. The first-order chi connectivity index (χ1) is 10.2. The summed E-state index contributed by atoms with van der Waals surface area (Å²) in [6.07, 6.45) is 0.940. The molecule has 0 saturated carbocycles. The number of nitrogens with one attached hydrogen (secondary N) is 2. The van der Waals surface area contributed by atoms with Crippen molar-refractivity contribution < 1.29 is 9.21 Å². The molecule has 2 rings (SSSR count). The second-order valence-corrected chi connectivity index (χ2v) is 5.07. The topological polar surface area (TPSA) is 54.3 Å². The van der Waals surface area contributed by atoms with Crippen molar-refractivity contribution in [3.05, 3.63) is 59.0 Å². The second-order valence-electron chi connectivity index (χ2n) is 5.07. The van der Waals surface area contributed by atoms with Gasteiger partial charge in [0.15, 0.2) is 0 Å². The summed E-state index contributed by atoms with van der Waals surface area (Å²) in [7, 11) is 0. The van der Waals surface area contributed by atoms with Crippen LogP contribution in [0.4, 0.5) is 0 Å². The van der Waals surface area contributed by atoms with Crippen LogP contribution in [0.3, 0.4) is 0 Å². The Morgan fingerprint density at radius 3 is 2.76 bits per heavy atom. The third-order valence-electron chi connectivity index (χ3n) is 3.15. The van der Waals surface area contributed by atoms with Crippen LogP contribution in [0.1, 0.15) is 40.8 Å². The predicted molar refractivity (Wildman–Crippen MR) is 83.1 cm³/mol. The normalized spacial score (nSPS) is 10.6. The van der Waals surface area contributed by atoms with E-state index in [0.717, 1.165) is 23.5 Å². The Balaban J connectivity index is 1.87. The molecular weight excluding hydrogens is 264 g/mol. The zero-order valence-corrected chi connectivity index (χ0v) is 12.6. The minimum absolute atomic E-state index is 0.0136. The average Bonchev–Trinajstić information content (AvgIpc) is 2.90. The second kappa shape index (κ2) is 7.64. The van der Waals surface area contributed by atoms with Crippen LogP contribution < -0.4 is 10.6 Å². The molecule has 4 heteroatoms. The number of carbonyl (C=O) groups excluding carboxylic acids is 1. The number of amides is 1. The molecular formula is C17H22N2O2. The van der Waals surface area contributed by atoms with Gasteiger partial charge in [0.05, 0.1) is 6.54 Å². The highest BCUT2D eigenvalue weighted by Crippen LogP contribution is 2.08. The summed E-state index contributed by atoms with van der Waals surface area (Å²) in [6, 6.07) is 11.6. The van der Waals surface area contributed by atoms with Crippen molar-refractivity contribution in [2.45, 2.75) is 33.4 Å². The van der Waals surface area contributed by atoms with Gasteiger partial charge in [-0.25, -0.2) is 0 Å². The maximum Gasteiger partial charge on any atom is 0.251 e. The zero-order chi connectivity index (χ0) is 15.1. The maximum atomic E-state index is 11.9. The van der Waals surface area contributed by atoms with Gasteiger partial charge in [-0.05, 0) is 43.2 Å². The molecule has 1 aromatic carbocycles. The number of furan rings is 1. The van der Waals surface area contributed by atoms with Gasteiger partial charge in [0, 0.05) is 18.7 Å². The molecule has 0 fully saturated rings. The fourth-order valence-corrected chi connectivity index (χ4v) is 2.07. The lowest BCUT2D eigenvalue weighted by Gasteiger charge is -2.07. The van der Waals surface area contributed by atoms with E-state index in [2.05, 4.69) is 10.6 Å². The molecule has 0 saturated heterocycles. The highest BCUT2D eigenvalue weighted by molar-refractivity contribution is 5.94. The van der Waals surface area contributed by atoms with E-state index in [4.69, 9.17) is 4.42 Å². The highest BCUT2D eigenvalue weighted by Gasteiger charge is 2.05. The lowest BCUT2D eigenvalue weighted by molar-refractivity contribution is 0.0953. The fraction of sp³-hybridized carbons (Fsp3) is 0.353. The van der Waals surface area contributed by atoms with Gasteiger partial charge in [-0.2, -0.15) is 0 Å². The highest BCUT2D eigenvalue weighted by atomic mass is 16.3. The van der Waals surface area contributed by atoms with E-state index in [1.54, 1.807) is 0 Å². The zero-order valence-electron chi connectivity index (χ0n) is 12.6. The molecule has 0 aliphatic heterocycles. The van der Waals surface area contributed by atoms with Crippen molar-refractivity contribution in [3.8, 4) is 0 Å². The molecule has 1 heterocycles. The van der Waals surface area contributed by atoms with E-state index in [1.807, 2.05) is 50.2 Å². The summed E-state index contributed by atoms with van der Waals surface area (Å²) in [6.45, 7) is 6.06. The molecule has 0 radical (unpaired) electrons. The largest absolute Gasteiger partial charge is 0.465 e. The first kappa shape index (κ1) is 15.3. The molecule has 0 aliphatic carbocycles. The minimum Gasteiger partial charge on any atom is -0.465 e. The van der Waals surface area contributed by atoms with Crippen molar-refractivity contribution in [2.75, 3.05) is 6.54 Å². The first-order valence-corrected chi connectivity index (χ1v) is 7.32. The molecule has 4 nitrogen and oxygen atoms in total. The SMILES string of the molecule is CCCNC(=O)c1cccc(CNCc2ccc(C)o2)c1. The molecule has 1 aromatic heterocycles. The summed E-state index contributed by atoms with van der Waals surface area (Å²) in [4.78, 5) is 11.9. The summed E-state index contributed by atoms with van der Waals surface area (Å²) in [5.74, 6) is 1.83. The van der Waals surface area contributed by atoms with Crippen LogP contribution >= 0.6 is 0 Å². The quantitative estimate of drug-likeness (QED) is 0.822. The molecule has 0 atom stereocenters. The van der Waals surface area contributed by atoms with E-state index in [0.29, 0.717) is 25.2 Å². The number of hydrogen-bond acceptors (Lipinski definition) is 3. The van der Waals surface area contributed by atoms with Gasteiger partial charge in [-0.15, -0.1) is 0 Å². The molecule has 0 bridgehead atoms. The van der Waals surface area contributed by atoms with E-state index in [9.17, 15) is 4.79 Å². The van der Waals surface area contributed by atoms with Crippen molar-refractivity contribution in [3.63, 3.8) is 0 Å². The van der Waals surface area contributed by atoms with Crippen LogP contribution in [0.15, 0.2) is 40.8 Å². The van der Waals surface area contributed by atoms with Crippen molar-refractivity contribution >= 4 is 5.91 Å². The first-order valence-electron chi connectivity index (χ1n) is 7.32. The van der Waals surface area contributed by atoms with E-state index < -0.39 is 0 Å². The molecule has 21 heavy (non-hydrogen) atoms. The maximum absolute atomic E-state index is 11.9. The lowest BCUT2D eigenvalue weighted by Crippen LogP contribution is -2.24. The third kappa shape index (κ3) is 4.76. The Morgan fingerprint density at radius 1 is 1.19 bits per heavy atom. The molecule has 0 spiro atoms. The Hall–Kier alpha value is -2.07. The van der Waals surface area contributed by atoms with Crippen LogP contribution in [-0.2, 0) is 13.1 Å². The monoisotopic (exact) mass is 286 g/mol. The van der Waals surface area contributed by atoms with Gasteiger partial charge in [-0.1, -0.05) is 19.1 Å². The van der Waals surface area contributed by atoms with E-state index >= 15 is 0 Å². The third-order valence-corrected chi connectivity index (χ3v) is 3.15. The van der Waals surface area contributed by atoms with Crippen LogP contribution in [-0.4, -0.2) is 12.5 Å². The number of rotatable bonds is 7. The van der Waals surface area contributed by atoms with Gasteiger partial charge in [0.25, 0.3) is 5.91 Å². The number of aryl methyl sites for hydroxylation is 1. The molecule has 0 unspecified atom stereocenters. The fourth-order valence-electron chi connectivity index (χ4n) is 2.07. The van der Waals surface area contributed by atoms with Crippen LogP contribution in [0, 0.1) is 6.92 Å². The smallest absolute Gasteiger partial charge is 0.251 e. The lowest BCUT2D eigenvalue weighted by atomic mass is 10.1. The Kier molecular flexibility index (Phi) is 5.58. The standard InChI is InChI=1S/C17H22N2O2/c1-3-9-19-17(20)15-6-4-5-14(10-15)11-18-12-16-8-7-13(2)21-16/h4-8,10,18H,3,9,11-12H2,1-2H3,(H,19,20). The van der Waals surface area contributed by atoms with Gasteiger partial charge in [0.1, 0.15) is 11.5 Å². The number of benzene rings is 1.